The van der Waals surface area contributed by atoms with E-state index >= 15 is 0 Å². The molecule has 1 aromatic rings. The molecule has 1 aromatic carbocycles. The minimum absolute atomic E-state index is 0. The predicted octanol–water partition coefficient (Wildman–Crippen LogP) is 2.06. The number of likely N-dealkylation sites (N-methyl/N-ethyl adjacent to an activating group) is 1. The molecule has 0 saturated carbocycles. The topological polar surface area (TPSA) is 62.9 Å². The van der Waals surface area contributed by atoms with Crippen molar-refractivity contribution in [3.05, 3.63) is 55.8 Å². The summed E-state index contributed by atoms with van der Waals surface area (Å²) in [7, 11) is 4.24. The van der Waals surface area contributed by atoms with Crippen LogP contribution in [0, 0.1) is 20.0 Å². The fraction of sp³-hybridized carbons (Fsp3) is 0.357. The van der Waals surface area contributed by atoms with Gasteiger partial charge in [0.05, 0.1) is 0 Å². The normalized spacial score (nSPS) is 8.74. The first-order valence-corrected chi connectivity index (χ1v) is 5.01. The molecule has 19 heavy (non-hydrogen) atoms. The van der Waals surface area contributed by atoms with E-state index in [-0.39, 0.29) is 17.4 Å². The summed E-state index contributed by atoms with van der Waals surface area (Å²) in [5, 5.41) is 0. The third kappa shape index (κ3) is 16.9. The van der Waals surface area contributed by atoms with E-state index in [0.717, 1.165) is 6.42 Å². The van der Waals surface area contributed by atoms with Gasteiger partial charge in [0, 0.05) is 23.4 Å². The number of benzene rings is 1. The van der Waals surface area contributed by atoms with Gasteiger partial charge in [-0.1, -0.05) is 30.3 Å². The van der Waals surface area contributed by atoms with Crippen LogP contribution in [-0.2, 0) is 37.7 Å². The molecule has 0 aliphatic carbocycles. The van der Waals surface area contributed by atoms with Crippen LogP contribution in [0.15, 0.2) is 30.3 Å². The van der Waals surface area contributed by atoms with Crippen LogP contribution >= 0.6 is 0 Å². The zero-order valence-corrected chi connectivity index (χ0v) is 12.5. The third-order valence-corrected chi connectivity index (χ3v) is 2.26. The summed E-state index contributed by atoms with van der Waals surface area (Å²) in [6, 6.07) is 11.2. The Morgan fingerprint density at radius 1 is 0.947 bits per heavy atom. The van der Waals surface area contributed by atoms with Gasteiger partial charge in [-0.3, -0.25) is 0 Å². The van der Waals surface area contributed by atoms with E-state index in [1.54, 1.807) is 0 Å². The van der Waals surface area contributed by atoms with Gasteiger partial charge in [0.15, 0.2) is 0 Å². The van der Waals surface area contributed by atoms with Crippen LogP contribution in [0.3, 0.4) is 0 Å². The molecule has 0 aromatic heterocycles. The molecule has 0 N–H and O–H groups in total. The van der Waals surface area contributed by atoms with Gasteiger partial charge < -0.3 is 4.90 Å². The summed E-state index contributed by atoms with van der Waals surface area (Å²) in [6.07, 6.45) is 1.13. The fourth-order valence-corrected chi connectivity index (χ4v) is 1.14. The average molecular weight is 299 g/mol. The van der Waals surface area contributed by atoms with Gasteiger partial charge in [0.2, 0.25) is 0 Å². The molecule has 0 heterocycles. The van der Waals surface area contributed by atoms with Crippen molar-refractivity contribution in [2.45, 2.75) is 19.4 Å². The van der Waals surface area contributed by atoms with Gasteiger partial charge in [0.25, 0.3) is 0 Å². The third-order valence-electron chi connectivity index (χ3n) is 2.26. The Balaban J connectivity index is -0.000000142. The van der Waals surface area contributed by atoms with E-state index in [0.29, 0.717) is 6.04 Å². The van der Waals surface area contributed by atoms with Gasteiger partial charge in [-0.2, -0.15) is 0 Å². The van der Waals surface area contributed by atoms with Crippen LogP contribution in [0.25, 0.3) is 0 Å². The molecule has 5 heteroatoms. The molecule has 0 amide bonds. The van der Waals surface area contributed by atoms with Crippen molar-refractivity contribution in [3.8, 4) is 0 Å². The Hall–Kier alpha value is -1.07. The summed E-state index contributed by atoms with van der Waals surface area (Å²) >= 11 is 0. The minimum Gasteiger partial charge on any atom is 0 e. The molecule has 0 spiro atoms. The van der Waals surface area contributed by atoms with Gasteiger partial charge >= 0.3 is 33.9 Å². The fourth-order valence-electron chi connectivity index (χ4n) is 1.14. The standard InChI is InChI=1S/C11H17N.3CO.Cr/c1-10(12(2)3)9-11-7-5-4-6-8-11;3*1-2;/h4-8,10H,9H2,1-3H3;;;;/t10-;;;;/m0..../s1. The first kappa shape index (κ1) is 26.5. The van der Waals surface area contributed by atoms with Crippen LogP contribution in [0.1, 0.15) is 12.5 Å². The second-order valence-corrected chi connectivity index (χ2v) is 3.50. The smallest absolute Gasteiger partial charge is 0 e. The molecular formula is C14H17CrNO3. The second-order valence-electron chi connectivity index (χ2n) is 3.50. The first-order chi connectivity index (χ1) is 8.70. The van der Waals surface area contributed by atoms with Crippen molar-refractivity contribution < 1.29 is 31.3 Å². The Bertz CT molecular complexity index is 319. The molecule has 1 atom stereocenters. The summed E-state index contributed by atoms with van der Waals surface area (Å²) < 4.78 is 22.5. The van der Waals surface area contributed by atoms with Crippen molar-refractivity contribution in [1.82, 2.24) is 4.90 Å². The maximum absolute atomic E-state index is 7.50. The van der Waals surface area contributed by atoms with Crippen LogP contribution in [-0.4, -0.2) is 25.0 Å². The van der Waals surface area contributed by atoms with Crippen LogP contribution in [0.4, 0.5) is 0 Å². The molecule has 1 rings (SSSR count). The van der Waals surface area contributed by atoms with Crippen molar-refractivity contribution in [2.24, 2.45) is 0 Å². The number of nitrogens with zero attached hydrogens (tertiary/aromatic N) is 1. The molecule has 102 valence electrons. The molecular weight excluding hydrogens is 282 g/mol. The summed E-state index contributed by atoms with van der Waals surface area (Å²) in [5.41, 5.74) is 1.42. The van der Waals surface area contributed by atoms with E-state index in [4.69, 9.17) is 14.0 Å². The zero-order chi connectivity index (χ0) is 15.0. The SMILES string of the molecule is C[C@@H](Cc1ccccc1)N(C)C.[C-]#[O+].[C-]#[O+].[C-]#[O+].[Cr]. The van der Waals surface area contributed by atoms with Gasteiger partial charge in [0.1, 0.15) is 0 Å². The van der Waals surface area contributed by atoms with E-state index in [2.05, 4.69) is 76.2 Å². The Labute approximate surface area is 126 Å². The second kappa shape index (κ2) is 22.1. The van der Waals surface area contributed by atoms with Gasteiger partial charge in [-0.15, -0.1) is 0 Å². The largest absolute Gasteiger partial charge is 0 e. The van der Waals surface area contributed by atoms with Crippen LogP contribution in [0.2, 0.25) is 0 Å². The number of hydrogen-bond acceptors (Lipinski definition) is 1. The average Bonchev–Trinajstić information content (AvgIpc) is 2.46. The van der Waals surface area contributed by atoms with Crippen LogP contribution in [0.5, 0.6) is 0 Å². The van der Waals surface area contributed by atoms with Crippen molar-refractivity contribution in [2.75, 3.05) is 14.1 Å². The number of hydrogen-bond donors (Lipinski definition) is 0. The van der Waals surface area contributed by atoms with Gasteiger partial charge in [-0.25, -0.2) is 0 Å². The molecule has 0 unspecified atom stereocenters. The Morgan fingerprint density at radius 2 is 1.32 bits per heavy atom. The van der Waals surface area contributed by atoms with E-state index in [1.165, 1.54) is 5.56 Å². The molecule has 4 nitrogen and oxygen atoms in total. The van der Waals surface area contributed by atoms with Crippen molar-refractivity contribution in [3.63, 3.8) is 0 Å². The number of rotatable bonds is 3. The van der Waals surface area contributed by atoms with E-state index in [9.17, 15) is 0 Å². The molecule has 0 fully saturated rings. The molecule has 0 radical (unpaired) electrons. The van der Waals surface area contributed by atoms with E-state index < -0.39 is 0 Å². The van der Waals surface area contributed by atoms with Crippen molar-refractivity contribution in [1.29, 1.82) is 0 Å². The van der Waals surface area contributed by atoms with Crippen molar-refractivity contribution >= 4 is 0 Å². The Morgan fingerprint density at radius 3 is 1.63 bits per heavy atom. The maximum atomic E-state index is 7.50. The quantitative estimate of drug-likeness (QED) is 0.622. The monoisotopic (exact) mass is 299 g/mol. The molecule has 0 aliphatic heterocycles. The predicted molar refractivity (Wildman–Crippen MR) is 65.1 cm³/mol. The van der Waals surface area contributed by atoms with E-state index in [1.807, 2.05) is 0 Å². The summed E-state index contributed by atoms with van der Waals surface area (Å²) in [5.74, 6) is 0. The minimum atomic E-state index is 0. The molecule has 0 bridgehead atoms. The first-order valence-electron chi connectivity index (χ1n) is 5.01. The molecule has 0 saturated heterocycles. The van der Waals surface area contributed by atoms with Gasteiger partial charge in [-0.05, 0) is 33.0 Å². The summed E-state index contributed by atoms with van der Waals surface area (Å²) in [4.78, 5) is 2.24. The summed E-state index contributed by atoms with van der Waals surface area (Å²) in [6.45, 7) is 15.7. The molecule has 0 aliphatic rings. The zero-order valence-electron chi connectivity index (χ0n) is 11.3. The maximum Gasteiger partial charge on any atom is 0 e. The van der Waals surface area contributed by atoms with Crippen LogP contribution < -0.4 is 0 Å². The Kier molecular flexibility index (Phi) is 30.9.